The number of carboxylic acid groups (broad SMARTS) is 1. The number of nitrogens with zero attached hydrogens (tertiary/aromatic N) is 1. The molecule has 5 nitrogen and oxygen atoms in total. The lowest BCUT2D eigenvalue weighted by Crippen LogP contribution is -2.37. The zero-order valence-corrected chi connectivity index (χ0v) is 12.2. The third-order valence-electron chi connectivity index (χ3n) is 2.91. The summed E-state index contributed by atoms with van der Waals surface area (Å²) in [5.74, 6) is 0. The number of imide groups is 1. The highest BCUT2D eigenvalue weighted by atomic mass is 16.6. The predicted molar refractivity (Wildman–Crippen MR) is 74.4 cm³/mol. The van der Waals surface area contributed by atoms with E-state index in [0.717, 1.165) is 49.8 Å². The summed E-state index contributed by atoms with van der Waals surface area (Å²) in [6, 6.07) is 0. The van der Waals surface area contributed by atoms with Crippen LogP contribution in [-0.4, -0.2) is 35.3 Å². The summed E-state index contributed by atoms with van der Waals surface area (Å²) in [5.41, 5.74) is 0. The Balaban J connectivity index is 3.88. The zero-order valence-electron chi connectivity index (χ0n) is 12.2. The van der Waals surface area contributed by atoms with E-state index in [4.69, 9.17) is 9.84 Å². The van der Waals surface area contributed by atoms with Gasteiger partial charge in [-0.3, -0.25) is 0 Å². The van der Waals surface area contributed by atoms with Crippen molar-refractivity contribution in [3.8, 4) is 0 Å². The van der Waals surface area contributed by atoms with Crippen molar-refractivity contribution in [1.29, 1.82) is 0 Å². The molecule has 0 aromatic carbocycles. The molecule has 0 bridgehead atoms. The quantitative estimate of drug-likeness (QED) is 0.604. The summed E-state index contributed by atoms with van der Waals surface area (Å²) in [7, 11) is 0. The molecule has 0 aromatic rings. The summed E-state index contributed by atoms with van der Waals surface area (Å²) < 4.78 is 4.98. The maximum atomic E-state index is 11.6. The van der Waals surface area contributed by atoms with Crippen LogP contribution in [0.1, 0.15) is 65.2 Å². The largest absolute Gasteiger partial charge is 0.465 e. The lowest BCUT2D eigenvalue weighted by molar-refractivity contribution is 0.0925. The van der Waals surface area contributed by atoms with Gasteiger partial charge in [0.1, 0.15) is 0 Å². The fourth-order valence-corrected chi connectivity index (χ4v) is 1.73. The van der Waals surface area contributed by atoms with Crippen LogP contribution in [0, 0.1) is 0 Å². The highest BCUT2D eigenvalue weighted by molar-refractivity contribution is 5.86. The molecular formula is C14H27NO4. The van der Waals surface area contributed by atoms with E-state index in [-0.39, 0.29) is 6.54 Å². The Bertz CT molecular complexity index is 256. The fraction of sp³-hybridized carbons (Fsp3) is 0.857. The second-order valence-corrected chi connectivity index (χ2v) is 4.67. The number of amides is 2. The summed E-state index contributed by atoms with van der Waals surface area (Å²) >= 11 is 0. The van der Waals surface area contributed by atoms with Gasteiger partial charge in [0.25, 0.3) is 0 Å². The van der Waals surface area contributed by atoms with Crippen LogP contribution in [0.25, 0.3) is 0 Å². The number of hydrogen-bond donors (Lipinski definition) is 1. The van der Waals surface area contributed by atoms with Crippen molar-refractivity contribution in [2.45, 2.75) is 65.2 Å². The van der Waals surface area contributed by atoms with Crippen LogP contribution in [0.3, 0.4) is 0 Å². The van der Waals surface area contributed by atoms with Crippen molar-refractivity contribution in [2.75, 3.05) is 13.2 Å². The topological polar surface area (TPSA) is 66.8 Å². The molecule has 19 heavy (non-hydrogen) atoms. The van der Waals surface area contributed by atoms with Crippen LogP contribution in [0.2, 0.25) is 0 Å². The van der Waals surface area contributed by atoms with Gasteiger partial charge in [0.15, 0.2) is 0 Å². The molecule has 1 N–H and O–H groups in total. The van der Waals surface area contributed by atoms with Crippen molar-refractivity contribution >= 4 is 12.2 Å². The van der Waals surface area contributed by atoms with Crippen LogP contribution in [-0.2, 0) is 4.74 Å². The fourth-order valence-electron chi connectivity index (χ4n) is 1.73. The molecule has 2 amide bonds. The molecule has 5 heteroatoms. The van der Waals surface area contributed by atoms with Gasteiger partial charge >= 0.3 is 12.2 Å². The SMILES string of the molecule is CCCCCCOC(=O)N(CCCCCC)C(=O)O. The normalized spacial score (nSPS) is 10.2. The number of carbonyl (C=O) groups excluding carboxylic acids is 1. The molecule has 0 aliphatic heterocycles. The minimum absolute atomic E-state index is 0.225. The molecule has 0 aliphatic carbocycles. The third kappa shape index (κ3) is 9.33. The number of unbranched alkanes of at least 4 members (excludes halogenated alkanes) is 6. The predicted octanol–water partition coefficient (Wildman–Crippen LogP) is 4.26. The summed E-state index contributed by atoms with van der Waals surface area (Å²) in [6.45, 7) is 4.72. The Morgan fingerprint density at radius 1 is 0.947 bits per heavy atom. The molecule has 0 heterocycles. The highest BCUT2D eigenvalue weighted by Gasteiger charge is 2.21. The van der Waals surface area contributed by atoms with Crippen LogP contribution >= 0.6 is 0 Å². The Kier molecular flexibility index (Phi) is 11.0. The van der Waals surface area contributed by atoms with E-state index >= 15 is 0 Å². The average Bonchev–Trinajstić information content (AvgIpc) is 2.37. The van der Waals surface area contributed by atoms with Crippen LogP contribution in [0.15, 0.2) is 0 Å². The van der Waals surface area contributed by atoms with Gasteiger partial charge in [-0.2, -0.15) is 0 Å². The van der Waals surface area contributed by atoms with E-state index < -0.39 is 12.2 Å². The molecule has 0 atom stereocenters. The van der Waals surface area contributed by atoms with Crippen molar-refractivity contribution in [1.82, 2.24) is 4.90 Å². The molecule has 0 spiro atoms. The van der Waals surface area contributed by atoms with Crippen LogP contribution < -0.4 is 0 Å². The first-order valence-electron chi connectivity index (χ1n) is 7.30. The third-order valence-corrected chi connectivity index (χ3v) is 2.91. The van der Waals surface area contributed by atoms with E-state index in [2.05, 4.69) is 13.8 Å². The monoisotopic (exact) mass is 273 g/mol. The van der Waals surface area contributed by atoms with E-state index in [0.29, 0.717) is 13.0 Å². The Labute approximate surface area is 115 Å². The molecule has 0 fully saturated rings. The standard InChI is InChI=1S/C14H27NO4/c1-3-5-7-9-11-15(13(16)17)14(18)19-12-10-8-6-4-2/h3-12H2,1-2H3,(H,16,17). The number of ether oxygens (including phenoxy) is 1. The van der Waals surface area contributed by atoms with Crippen molar-refractivity contribution in [3.05, 3.63) is 0 Å². The van der Waals surface area contributed by atoms with Crippen molar-refractivity contribution in [3.63, 3.8) is 0 Å². The van der Waals surface area contributed by atoms with Crippen molar-refractivity contribution < 1.29 is 19.4 Å². The van der Waals surface area contributed by atoms with Gasteiger partial charge in [-0.25, -0.2) is 14.5 Å². The summed E-state index contributed by atoms with van der Waals surface area (Å²) in [6.07, 6.45) is 5.83. The van der Waals surface area contributed by atoms with Crippen molar-refractivity contribution in [2.24, 2.45) is 0 Å². The van der Waals surface area contributed by atoms with Gasteiger partial charge < -0.3 is 9.84 Å². The van der Waals surface area contributed by atoms with E-state index in [1.165, 1.54) is 0 Å². The maximum Gasteiger partial charge on any atom is 0.419 e. The van der Waals surface area contributed by atoms with Gasteiger partial charge in [-0.1, -0.05) is 52.4 Å². The van der Waals surface area contributed by atoms with Gasteiger partial charge in [0.2, 0.25) is 0 Å². The van der Waals surface area contributed by atoms with E-state index in [1.807, 2.05) is 0 Å². The average molecular weight is 273 g/mol. The first kappa shape index (κ1) is 17.7. The first-order valence-corrected chi connectivity index (χ1v) is 7.30. The van der Waals surface area contributed by atoms with Gasteiger partial charge in [0, 0.05) is 6.54 Å². The van der Waals surface area contributed by atoms with Gasteiger partial charge in [-0.05, 0) is 12.8 Å². The molecule has 0 rings (SSSR count). The Morgan fingerprint density at radius 2 is 1.53 bits per heavy atom. The Hall–Kier alpha value is -1.26. The number of hydrogen-bond acceptors (Lipinski definition) is 3. The second kappa shape index (κ2) is 11.8. The second-order valence-electron chi connectivity index (χ2n) is 4.67. The smallest absolute Gasteiger partial charge is 0.419 e. The number of rotatable bonds is 10. The molecule has 0 aliphatic rings. The maximum absolute atomic E-state index is 11.6. The molecule has 0 saturated heterocycles. The lowest BCUT2D eigenvalue weighted by atomic mass is 10.2. The molecule has 0 radical (unpaired) electrons. The highest BCUT2D eigenvalue weighted by Crippen LogP contribution is 2.05. The number of carbonyl (C=O) groups is 2. The molecule has 0 unspecified atom stereocenters. The van der Waals surface area contributed by atoms with Crippen LogP contribution in [0.5, 0.6) is 0 Å². The van der Waals surface area contributed by atoms with Gasteiger partial charge in [0.05, 0.1) is 6.61 Å². The molecular weight excluding hydrogens is 246 g/mol. The zero-order chi connectivity index (χ0) is 14.5. The molecule has 0 saturated carbocycles. The van der Waals surface area contributed by atoms with Crippen LogP contribution in [0.4, 0.5) is 9.59 Å². The van der Waals surface area contributed by atoms with E-state index in [1.54, 1.807) is 0 Å². The Morgan fingerprint density at radius 3 is 2.05 bits per heavy atom. The molecule has 0 aromatic heterocycles. The summed E-state index contributed by atoms with van der Waals surface area (Å²) in [5, 5.41) is 8.97. The minimum Gasteiger partial charge on any atom is -0.465 e. The summed E-state index contributed by atoms with van der Waals surface area (Å²) in [4.78, 5) is 23.3. The molecule has 112 valence electrons. The minimum atomic E-state index is -1.23. The first-order chi connectivity index (χ1) is 9.13. The van der Waals surface area contributed by atoms with E-state index in [9.17, 15) is 9.59 Å². The van der Waals surface area contributed by atoms with Gasteiger partial charge in [-0.15, -0.1) is 0 Å². The lowest BCUT2D eigenvalue weighted by Gasteiger charge is -2.16.